The molecule has 3 aliphatic heterocycles. The second-order valence-electron chi connectivity index (χ2n) is 9.85. The number of carbonyl (C=O) groups is 1. The van der Waals surface area contributed by atoms with Crippen molar-refractivity contribution in [1.82, 2.24) is 10.0 Å². The number of hydrogen-bond donors (Lipinski definition) is 3. The average Bonchev–Trinajstić information content (AvgIpc) is 3.22. The summed E-state index contributed by atoms with van der Waals surface area (Å²) >= 11 is 0. The van der Waals surface area contributed by atoms with E-state index in [1.807, 2.05) is 6.08 Å². The molecule has 3 aliphatic rings. The van der Waals surface area contributed by atoms with E-state index in [-0.39, 0.29) is 33.6 Å². The van der Waals surface area contributed by atoms with Crippen LogP contribution >= 0.6 is 7.52 Å². The second kappa shape index (κ2) is 8.69. The third-order valence-corrected chi connectivity index (χ3v) is 8.37. The minimum absolute atomic E-state index is 0.0176. The van der Waals surface area contributed by atoms with Gasteiger partial charge in [0.15, 0.2) is 11.6 Å². The number of carbonyl (C=O) groups excluding carboxylic acids is 1. The van der Waals surface area contributed by atoms with E-state index >= 15 is 0 Å². The van der Waals surface area contributed by atoms with Gasteiger partial charge in [0, 0.05) is 25.9 Å². The van der Waals surface area contributed by atoms with Gasteiger partial charge in [0.25, 0.3) is 5.91 Å². The van der Waals surface area contributed by atoms with Crippen molar-refractivity contribution in [3.05, 3.63) is 41.3 Å². The number of amidine groups is 1. The molecule has 0 aromatic heterocycles. The number of benzene rings is 1. The van der Waals surface area contributed by atoms with Gasteiger partial charge in [-0.2, -0.15) is 4.76 Å². The number of amides is 1. The van der Waals surface area contributed by atoms with Crippen LogP contribution in [0.5, 0.6) is 0 Å². The Kier molecular flexibility index (Phi) is 6.27. The Hall–Kier alpha value is -2.82. The smallest absolute Gasteiger partial charge is 0.348 e. The molecule has 3 N–H and O–H groups in total. The van der Waals surface area contributed by atoms with Gasteiger partial charge in [-0.3, -0.25) is 19.1 Å². The average molecular weight is 524 g/mol. The molecule has 0 saturated carbocycles. The van der Waals surface area contributed by atoms with Gasteiger partial charge in [-0.1, -0.05) is 26.8 Å². The van der Waals surface area contributed by atoms with Gasteiger partial charge >= 0.3 is 7.52 Å². The molecule has 13 heteroatoms. The number of sulfonamides is 1. The molecule has 0 radical (unpaired) electrons. The van der Waals surface area contributed by atoms with Crippen LogP contribution in [-0.4, -0.2) is 61.7 Å². The maximum atomic E-state index is 13.7. The van der Waals surface area contributed by atoms with Crippen LogP contribution in [0.3, 0.4) is 0 Å². The molecule has 3 heterocycles. The van der Waals surface area contributed by atoms with Gasteiger partial charge in [-0.15, -0.1) is 0 Å². The first-order valence-electron chi connectivity index (χ1n) is 11.1. The maximum absolute atomic E-state index is 13.7. The predicted octanol–water partition coefficient (Wildman–Crippen LogP) is 2.94. The summed E-state index contributed by atoms with van der Waals surface area (Å²) in [7, 11) is -6.24. The van der Waals surface area contributed by atoms with Crippen LogP contribution in [0, 0.1) is 5.41 Å². The topological polar surface area (TPSA) is 141 Å². The van der Waals surface area contributed by atoms with Crippen molar-refractivity contribution in [3.8, 4) is 0 Å². The van der Waals surface area contributed by atoms with Gasteiger partial charge in [0.05, 0.1) is 22.9 Å². The fourth-order valence-electron chi connectivity index (χ4n) is 4.10. The molecule has 1 unspecified atom stereocenters. The van der Waals surface area contributed by atoms with Crippen LogP contribution < -0.4 is 15.3 Å². The summed E-state index contributed by atoms with van der Waals surface area (Å²) in [6.45, 7) is 7.26. The first-order valence-corrected chi connectivity index (χ1v) is 14.6. The highest BCUT2D eigenvalue weighted by Crippen LogP contribution is 2.52. The van der Waals surface area contributed by atoms with Crippen LogP contribution in [0.4, 0.5) is 11.4 Å². The Labute approximate surface area is 205 Å². The van der Waals surface area contributed by atoms with Crippen molar-refractivity contribution in [2.24, 2.45) is 10.2 Å². The number of nitrogens with one attached hydrogen (secondary N) is 2. The van der Waals surface area contributed by atoms with Crippen molar-refractivity contribution in [3.63, 3.8) is 0 Å². The van der Waals surface area contributed by atoms with E-state index in [0.29, 0.717) is 30.9 Å². The number of hydrogen-bond acceptors (Lipinski definition) is 8. The Bertz CT molecular complexity index is 1330. The minimum atomic E-state index is -3.90. The lowest BCUT2D eigenvalue weighted by Gasteiger charge is -2.41. The summed E-state index contributed by atoms with van der Waals surface area (Å²) < 4.78 is 48.8. The molecule has 35 heavy (non-hydrogen) atoms. The molecular formula is C22H30N5O6PS. The molecule has 1 atom stereocenters. The summed E-state index contributed by atoms with van der Waals surface area (Å²) in [6.07, 6.45) is 4.25. The highest BCUT2D eigenvalue weighted by molar-refractivity contribution is 7.92. The second-order valence-corrected chi connectivity index (χ2v) is 13.7. The molecule has 0 spiro atoms. The van der Waals surface area contributed by atoms with Gasteiger partial charge < -0.3 is 14.9 Å². The number of aliphatic hydroxyl groups is 1. The fraction of sp³-hybridized carbons (Fsp3) is 0.455. The standard InChI is InChI=1S/C22H30N5O6PS/c1-22(2,3)10-12-27-21(29)18(19(28)16-7-6-11-26(16)27)20-23-15-9-8-14(25-35(5,31)32)13-17(15)34(30,24-20)33-4/h7-9,13,25,28H,6,10-12H2,1-5H3,(H,23,24,30). The van der Waals surface area contributed by atoms with Crippen molar-refractivity contribution in [2.75, 3.05) is 36.5 Å². The van der Waals surface area contributed by atoms with Crippen LogP contribution in [0.2, 0.25) is 0 Å². The summed E-state index contributed by atoms with van der Waals surface area (Å²) in [4.78, 5) is 13.6. The molecular weight excluding hydrogens is 493 g/mol. The normalized spacial score (nSPS) is 22.4. The number of anilines is 2. The lowest BCUT2D eigenvalue weighted by Crippen LogP contribution is -2.52. The summed E-state index contributed by atoms with van der Waals surface area (Å²) in [5.74, 6) is -0.770. The van der Waals surface area contributed by atoms with E-state index in [0.717, 1.165) is 12.7 Å². The quantitative estimate of drug-likeness (QED) is 0.484. The highest BCUT2D eigenvalue weighted by atomic mass is 32.2. The monoisotopic (exact) mass is 523 g/mol. The van der Waals surface area contributed by atoms with Gasteiger partial charge in [-0.05, 0) is 36.5 Å². The molecule has 1 amide bonds. The lowest BCUT2D eigenvalue weighted by molar-refractivity contribution is -0.142. The van der Waals surface area contributed by atoms with E-state index in [9.17, 15) is 22.9 Å². The van der Waals surface area contributed by atoms with Crippen molar-refractivity contribution in [1.29, 1.82) is 0 Å². The van der Waals surface area contributed by atoms with E-state index in [1.165, 1.54) is 25.3 Å². The number of nitrogens with zero attached hydrogens (tertiary/aromatic N) is 3. The minimum Gasteiger partial charge on any atom is -0.505 e. The molecule has 0 fully saturated rings. The molecule has 11 nitrogen and oxygen atoms in total. The number of aliphatic hydroxyl groups excluding tert-OH is 1. The zero-order valence-electron chi connectivity index (χ0n) is 20.3. The number of rotatable bonds is 6. The third kappa shape index (κ3) is 4.96. The Morgan fingerprint density at radius 2 is 2.03 bits per heavy atom. The van der Waals surface area contributed by atoms with Crippen molar-refractivity contribution in [2.45, 2.75) is 33.6 Å². The molecule has 4 rings (SSSR count). The highest BCUT2D eigenvalue weighted by Gasteiger charge is 2.43. The Morgan fingerprint density at radius 1 is 1.31 bits per heavy atom. The van der Waals surface area contributed by atoms with Crippen LogP contribution in [0.15, 0.2) is 46.1 Å². The third-order valence-electron chi connectivity index (χ3n) is 5.82. The SMILES string of the molecule is COP1(=O)N=C(C2=C(O)C3=CCCN3N(CCC(C)(C)C)C2=O)Nc2ccc(NS(C)(=O)=O)cc21. The number of hydrazine groups is 1. The van der Waals surface area contributed by atoms with E-state index in [1.54, 1.807) is 10.0 Å². The first kappa shape index (κ1) is 25.3. The van der Waals surface area contributed by atoms with Crippen LogP contribution in [-0.2, 0) is 23.9 Å². The summed E-state index contributed by atoms with van der Waals surface area (Å²) in [5, 5.41) is 17.6. The number of fused-ring (bicyclic) bond motifs is 2. The zero-order valence-corrected chi connectivity index (χ0v) is 22.0. The largest absolute Gasteiger partial charge is 0.505 e. The van der Waals surface area contributed by atoms with Crippen molar-refractivity contribution >= 4 is 46.0 Å². The Morgan fingerprint density at radius 3 is 2.66 bits per heavy atom. The zero-order chi connectivity index (χ0) is 25.8. The van der Waals surface area contributed by atoms with Gasteiger partial charge in [0.1, 0.15) is 5.57 Å². The van der Waals surface area contributed by atoms with Gasteiger partial charge in [-0.25, -0.2) is 13.4 Å². The molecule has 1 aromatic rings. The lowest BCUT2D eigenvalue weighted by atomic mass is 9.92. The van der Waals surface area contributed by atoms with E-state index < -0.39 is 23.5 Å². The van der Waals surface area contributed by atoms with Crippen LogP contribution in [0.1, 0.15) is 33.6 Å². The van der Waals surface area contributed by atoms with Crippen molar-refractivity contribution < 1.29 is 27.4 Å². The van der Waals surface area contributed by atoms with E-state index in [4.69, 9.17) is 4.52 Å². The first-order chi connectivity index (χ1) is 16.2. The Balaban J connectivity index is 1.77. The molecule has 0 bridgehead atoms. The summed E-state index contributed by atoms with van der Waals surface area (Å²) in [6, 6.07) is 4.39. The molecule has 1 aromatic carbocycles. The van der Waals surface area contributed by atoms with Gasteiger partial charge in [0.2, 0.25) is 10.0 Å². The maximum Gasteiger partial charge on any atom is 0.348 e. The predicted molar refractivity (Wildman–Crippen MR) is 135 cm³/mol. The molecule has 190 valence electrons. The summed E-state index contributed by atoms with van der Waals surface area (Å²) in [5.41, 5.74) is 0.917. The molecule has 0 saturated heterocycles. The van der Waals surface area contributed by atoms with E-state index in [2.05, 4.69) is 35.6 Å². The fourth-order valence-corrected chi connectivity index (χ4v) is 6.19. The van der Waals surface area contributed by atoms with Crippen LogP contribution in [0.25, 0.3) is 0 Å². The molecule has 0 aliphatic carbocycles.